The molecule has 0 radical (unpaired) electrons. The smallest absolute Gasteiger partial charge is 0.146 e. The fourth-order valence-corrected chi connectivity index (χ4v) is 10.9. The molecule has 0 unspecified atom stereocenters. The van der Waals surface area contributed by atoms with E-state index in [0.29, 0.717) is 0 Å². The Morgan fingerprint density at radius 1 is 0.239 bits per heavy atom. The van der Waals surface area contributed by atoms with Crippen molar-refractivity contribution >= 4 is 32.6 Å². The van der Waals surface area contributed by atoms with E-state index in [-0.39, 0.29) is 0 Å². The maximum absolute atomic E-state index is 5.40. The van der Waals surface area contributed by atoms with Gasteiger partial charge in [0.05, 0.1) is 11.0 Å². The summed E-state index contributed by atoms with van der Waals surface area (Å²) in [6.07, 6.45) is 0. The Morgan fingerprint density at radius 3 is 1.17 bits per heavy atom. The molecule has 2 heteroatoms. The van der Waals surface area contributed by atoms with Crippen LogP contribution in [0.5, 0.6) is 0 Å². The minimum Gasteiger partial charge on any atom is -0.292 e. The van der Waals surface area contributed by atoms with E-state index in [1.807, 2.05) is 0 Å². The topological polar surface area (TPSA) is 17.8 Å². The fraction of sp³-hybridized carbons (Fsp3) is 0. The van der Waals surface area contributed by atoms with Gasteiger partial charge < -0.3 is 0 Å². The van der Waals surface area contributed by atoms with Crippen LogP contribution in [-0.4, -0.2) is 9.55 Å². The molecule has 13 rings (SSSR count). The zero-order chi connectivity index (χ0) is 47.1. The lowest BCUT2D eigenvalue weighted by Crippen LogP contribution is -1.99. The summed E-state index contributed by atoms with van der Waals surface area (Å²) in [7, 11) is 0. The molecule has 0 aliphatic carbocycles. The van der Waals surface area contributed by atoms with Gasteiger partial charge in [0.2, 0.25) is 0 Å². The van der Waals surface area contributed by atoms with E-state index in [1.54, 1.807) is 0 Å². The van der Waals surface area contributed by atoms with Crippen molar-refractivity contribution < 1.29 is 0 Å². The number of nitrogens with zero attached hydrogens (tertiary/aromatic N) is 2. The number of imidazole rings is 1. The monoisotopic (exact) mass is 902 g/mol. The summed E-state index contributed by atoms with van der Waals surface area (Å²) in [5, 5.41) is 4.70. The molecule has 0 amide bonds. The maximum atomic E-state index is 5.40. The summed E-state index contributed by atoms with van der Waals surface area (Å²) in [5.41, 5.74) is 20.8. The predicted octanol–water partition coefficient (Wildman–Crippen LogP) is 18.7. The van der Waals surface area contributed by atoms with Crippen LogP contribution in [0.1, 0.15) is 0 Å². The van der Waals surface area contributed by atoms with E-state index < -0.39 is 0 Å². The molecule has 0 saturated heterocycles. The third-order valence-electron chi connectivity index (χ3n) is 14.0. The summed E-state index contributed by atoms with van der Waals surface area (Å²) in [6, 6.07) is 101. The maximum Gasteiger partial charge on any atom is 0.146 e. The van der Waals surface area contributed by atoms with Crippen molar-refractivity contribution in [2.75, 3.05) is 0 Å². The lowest BCUT2D eigenvalue weighted by atomic mass is 9.78. The molecule has 0 aliphatic rings. The van der Waals surface area contributed by atoms with Gasteiger partial charge in [0.15, 0.2) is 0 Å². The van der Waals surface area contributed by atoms with Gasteiger partial charge in [-0.25, -0.2) is 4.98 Å². The lowest BCUT2D eigenvalue weighted by Gasteiger charge is -2.24. The van der Waals surface area contributed by atoms with Gasteiger partial charge in [-0.3, -0.25) is 4.57 Å². The van der Waals surface area contributed by atoms with Crippen molar-refractivity contribution in [3.63, 3.8) is 0 Å². The van der Waals surface area contributed by atoms with Gasteiger partial charge in [0.1, 0.15) is 5.82 Å². The average molecular weight is 903 g/mol. The summed E-state index contributed by atoms with van der Waals surface area (Å²) in [4.78, 5) is 5.40. The summed E-state index contributed by atoms with van der Waals surface area (Å²) >= 11 is 0. The standard InChI is InChI=1S/C69H46N2/c1-6-24-47(25-7-1)60-46-61(66(49-28-10-3-11-29-49)67(50-30-12-4-13-31-50)65(60)48-26-8-2-9-27-48)53-34-22-32-51(44-53)52-33-23-35-54(45-52)64-56-38-16-18-40-58(56)68(59-41-19-17-39-57(59)64)69-70-62-42-20-21-43-63(62)71(69)55-36-14-5-15-37-55/h1-46H. The second-order valence-corrected chi connectivity index (χ2v) is 18.2. The number of rotatable bonds is 9. The number of hydrogen-bond acceptors (Lipinski definition) is 1. The van der Waals surface area contributed by atoms with E-state index in [0.717, 1.165) is 55.6 Å². The highest BCUT2D eigenvalue weighted by Gasteiger charge is 2.25. The minimum atomic E-state index is 0.930. The van der Waals surface area contributed by atoms with Gasteiger partial charge >= 0.3 is 0 Å². The molecule has 0 bridgehead atoms. The van der Waals surface area contributed by atoms with Crippen molar-refractivity contribution in [2.45, 2.75) is 0 Å². The Labute approximate surface area is 414 Å². The van der Waals surface area contributed by atoms with Crippen LogP contribution >= 0.6 is 0 Å². The Balaban J connectivity index is 1.02. The molecule has 0 fully saturated rings. The van der Waals surface area contributed by atoms with Crippen molar-refractivity contribution in [1.29, 1.82) is 0 Å². The van der Waals surface area contributed by atoms with E-state index in [9.17, 15) is 0 Å². The Morgan fingerprint density at radius 2 is 0.620 bits per heavy atom. The van der Waals surface area contributed by atoms with Crippen LogP contribution in [0.15, 0.2) is 279 Å². The van der Waals surface area contributed by atoms with E-state index in [1.165, 1.54) is 72.0 Å². The predicted molar refractivity (Wildman–Crippen MR) is 300 cm³/mol. The number of hydrogen-bond donors (Lipinski definition) is 0. The van der Waals surface area contributed by atoms with E-state index >= 15 is 0 Å². The molecule has 12 aromatic carbocycles. The molecule has 2 nitrogen and oxygen atoms in total. The Hall–Kier alpha value is -9.37. The van der Waals surface area contributed by atoms with E-state index in [4.69, 9.17) is 4.98 Å². The summed E-state index contributed by atoms with van der Waals surface area (Å²) < 4.78 is 2.32. The number of para-hydroxylation sites is 3. The minimum absolute atomic E-state index is 0.930. The first kappa shape index (κ1) is 41.8. The SMILES string of the molecule is c1ccc(-c2cc(-c3cccc(-c4cccc(-c5c6ccccc6c(-c6nc7ccccc7n6-c6ccccc6)c6ccccc56)c4)c3)c(-c3ccccc3)c(-c3ccccc3)c2-c2ccccc2)cc1. The van der Waals surface area contributed by atoms with Gasteiger partial charge in [-0.1, -0.05) is 237 Å². The first-order valence-corrected chi connectivity index (χ1v) is 24.4. The Bertz CT molecular complexity index is 4010. The van der Waals surface area contributed by atoms with Crippen LogP contribution in [0.4, 0.5) is 0 Å². The highest BCUT2D eigenvalue weighted by molar-refractivity contribution is 6.21. The molecule has 1 heterocycles. The molecule has 0 saturated carbocycles. The van der Waals surface area contributed by atoms with Gasteiger partial charge in [-0.15, -0.1) is 0 Å². The molecular weight excluding hydrogens is 857 g/mol. The van der Waals surface area contributed by atoms with Crippen molar-refractivity contribution in [1.82, 2.24) is 9.55 Å². The first-order chi connectivity index (χ1) is 35.3. The third kappa shape index (κ3) is 7.42. The molecule has 71 heavy (non-hydrogen) atoms. The number of benzene rings is 12. The molecular formula is C69H46N2. The van der Waals surface area contributed by atoms with Crippen molar-refractivity contribution in [3.8, 4) is 95.0 Å². The number of aromatic nitrogens is 2. The fourth-order valence-electron chi connectivity index (χ4n) is 10.9. The molecule has 0 atom stereocenters. The van der Waals surface area contributed by atoms with Crippen LogP contribution < -0.4 is 0 Å². The molecule has 0 aliphatic heterocycles. The van der Waals surface area contributed by atoms with Crippen molar-refractivity contribution in [2.24, 2.45) is 0 Å². The number of fused-ring (bicyclic) bond motifs is 3. The highest BCUT2D eigenvalue weighted by atomic mass is 15.1. The summed E-state index contributed by atoms with van der Waals surface area (Å²) in [6.45, 7) is 0. The molecule has 0 N–H and O–H groups in total. The quantitative estimate of drug-likeness (QED) is 0.132. The first-order valence-electron chi connectivity index (χ1n) is 24.4. The highest BCUT2D eigenvalue weighted by Crippen LogP contribution is 2.51. The van der Waals surface area contributed by atoms with Crippen LogP contribution in [0.3, 0.4) is 0 Å². The molecule has 332 valence electrons. The third-order valence-corrected chi connectivity index (χ3v) is 14.0. The van der Waals surface area contributed by atoms with Gasteiger partial charge in [-0.2, -0.15) is 0 Å². The van der Waals surface area contributed by atoms with Gasteiger partial charge in [-0.05, 0) is 142 Å². The zero-order valence-corrected chi connectivity index (χ0v) is 39.0. The Kier molecular flexibility index (Phi) is 10.6. The van der Waals surface area contributed by atoms with Crippen molar-refractivity contribution in [3.05, 3.63) is 279 Å². The molecule has 13 aromatic rings. The second-order valence-electron chi connectivity index (χ2n) is 18.2. The van der Waals surface area contributed by atoms with Crippen LogP contribution in [0.25, 0.3) is 128 Å². The molecule has 1 aromatic heterocycles. The largest absolute Gasteiger partial charge is 0.292 e. The van der Waals surface area contributed by atoms with Crippen LogP contribution in [0.2, 0.25) is 0 Å². The van der Waals surface area contributed by atoms with Crippen LogP contribution in [0, 0.1) is 0 Å². The average Bonchev–Trinajstić information content (AvgIpc) is 3.84. The lowest BCUT2D eigenvalue weighted by molar-refractivity contribution is 1.11. The van der Waals surface area contributed by atoms with Crippen LogP contribution in [-0.2, 0) is 0 Å². The summed E-state index contributed by atoms with van der Waals surface area (Å²) in [5.74, 6) is 0.930. The van der Waals surface area contributed by atoms with Gasteiger partial charge in [0, 0.05) is 11.3 Å². The normalized spacial score (nSPS) is 11.4. The molecule has 0 spiro atoms. The van der Waals surface area contributed by atoms with E-state index in [2.05, 4.69) is 284 Å². The second kappa shape index (κ2) is 17.9. The van der Waals surface area contributed by atoms with Gasteiger partial charge in [0.25, 0.3) is 0 Å². The zero-order valence-electron chi connectivity index (χ0n) is 39.0.